The summed E-state index contributed by atoms with van der Waals surface area (Å²) in [6.45, 7) is 7.57. The highest BCUT2D eigenvalue weighted by atomic mass is 16.5. The van der Waals surface area contributed by atoms with Gasteiger partial charge in [0.2, 0.25) is 0 Å². The van der Waals surface area contributed by atoms with Crippen LogP contribution in [0.5, 0.6) is 11.5 Å². The van der Waals surface area contributed by atoms with E-state index in [2.05, 4.69) is 26.1 Å². The molecule has 2 unspecified atom stereocenters. The van der Waals surface area contributed by atoms with E-state index in [1.54, 1.807) is 14.2 Å². The number of hydrogen-bond donors (Lipinski definition) is 1. The van der Waals surface area contributed by atoms with Crippen LogP contribution in [-0.4, -0.2) is 20.3 Å². The van der Waals surface area contributed by atoms with Gasteiger partial charge in [0.1, 0.15) is 11.5 Å². The number of ether oxygens (including phenoxy) is 2. The van der Waals surface area contributed by atoms with Crippen LogP contribution in [0.1, 0.15) is 39.2 Å². The van der Waals surface area contributed by atoms with E-state index in [4.69, 9.17) is 9.47 Å². The van der Waals surface area contributed by atoms with Crippen LogP contribution in [0.25, 0.3) is 0 Å². The van der Waals surface area contributed by atoms with Crippen molar-refractivity contribution in [3.05, 3.63) is 23.8 Å². The molecule has 2 atom stereocenters. The Morgan fingerprint density at radius 1 is 1.16 bits per heavy atom. The molecule has 0 aliphatic heterocycles. The molecule has 108 valence electrons. The lowest BCUT2D eigenvalue weighted by atomic mass is 10.0. The highest BCUT2D eigenvalue weighted by molar-refractivity contribution is 5.40. The Kier molecular flexibility index (Phi) is 6.71. The minimum atomic E-state index is 0.505. The normalized spacial score (nSPS) is 13.9. The first-order chi connectivity index (χ1) is 9.10. The molecule has 19 heavy (non-hydrogen) atoms. The molecule has 1 aromatic carbocycles. The van der Waals surface area contributed by atoms with Crippen molar-refractivity contribution in [1.29, 1.82) is 0 Å². The summed E-state index contributed by atoms with van der Waals surface area (Å²) in [6.07, 6.45) is 2.43. The highest BCUT2D eigenvalue weighted by Gasteiger charge is 2.09. The molecule has 0 saturated carbocycles. The summed E-state index contributed by atoms with van der Waals surface area (Å²) in [5.41, 5.74) is 1.14. The molecule has 0 saturated heterocycles. The summed E-state index contributed by atoms with van der Waals surface area (Å²) >= 11 is 0. The average molecular weight is 265 g/mol. The number of benzene rings is 1. The number of rotatable bonds is 8. The van der Waals surface area contributed by atoms with E-state index in [-0.39, 0.29) is 0 Å². The molecule has 3 heteroatoms. The van der Waals surface area contributed by atoms with Gasteiger partial charge in [-0.1, -0.05) is 20.3 Å². The monoisotopic (exact) mass is 265 g/mol. The molecular weight excluding hydrogens is 238 g/mol. The van der Waals surface area contributed by atoms with E-state index in [1.807, 2.05) is 18.2 Å². The molecule has 0 heterocycles. The molecule has 0 spiro atoms. The Balaban J connectivity index is 2.60. The van der Waals surface area contributed by atoms with Crippen molar-refractivity contribution in [3.63, 3.8) is 0 Å². The smallest absolute Gasteiger partial charge is 0.123 e. The van der Waals surface area contributed by atoms with Crippen molar-refractivity contribution in [2.75, 3.05) is 14.2 Å². The van der Waals surface area contributed by atoms with Gasteiger partial charge >= 0.3 is 0 Å². The molecule has 0 aromatic heterocycles. The van der Waals surface area contributed by atoms with E-state index in [0.717, 1.165) is 29.5 Å². The largest absolute Gasteiger partial charge is 0.497 e. The van der Waals surface area contributed by atoms with Crippen molar-refractivity contribution in [3.8, 4) is 11.5 Å². The summed E-state index contributed by atoms with van der Waals surface area (Å²) in [5, 5.41) is 3.55. The summed E-state index contributed by atoms with van der Waals surface area (Å²) in [6, 6.07) is 6.41. The van der Waals surface area contributed by atoms with E-state index < -0.39 is 0 Å². The van der Waals surface area contributed by atoms with Crippen LogP contribution in [-0.2, 0) is 6.54 Å². The molecular formula is C16H27NO2. The fraction of sp³-hybridized carbons (Fsp3) is 0.625. The Bertz CT molecular complexity index is 379. The maximum absolute atomic E-state index is 5.38. The second-order valence-corrected chi connectivity index (χ2v) is 5.21. The molecule has 0 aliphatic carbocycles. The molecule has 1 rings (SSSR count). The first-order valence-corrected chi connectivity index (χ1v) is 7.05. The summed E-state index contributed by atoms with van der Waals surface area (Å²) in [7, 11) is 3.39. The standard InChI is InChI=1S/C16H27NO2/c1-6-12(2)9-13(3)17-11-14-10-15(18-4)7-8-16(14)19-5/h7-8,10,12-13,17H,6,9,11H2,1-5H3. The van der Waals surface area contributed by atoms with Crippen LogP contribution < -0.4 is 14.8 Å². The Morgan fingerprint density at radius 2 is 1.89 bits per heavy atom. The van der Waals surface area contributed by atoms with Gasteiger partial charge in [-0.15, -0.1) is 0 Å². The fourth-order valence-electron chi connectivity index (χ4n) is 2.16. The predicted molar refractivity (Wildman–Crippen MR) is 79.9 cm³/mol. The molecule has 0 bridgehead atoms. The van der Waals surface area contributed by atoms with Gasteiger partial charge in [0.05, 0.1) is 14.2 Å². The van der Waals surface area contributed by atoms with Crippen molar-refractivity contribution in [1.82, 2.24) is 5.32 Å². The van der Waals surface area contributed by atoms with Crippen LogP contribution in [0, 0.1) is 5.92 Å². The minimum Gasteiger partial charge on any atom is -0.497 e. The lowest BCUT2D eigenvalue weighted by Crippen LogP contribution is -2.27. The van der Waals surface area contributed by atoms with Gasteiger partial charge in [-0.25, -0.2) is 0 Å². The molecule has 1 N–H and O–H groups in total. The quantitative estimate of drug-likeness (QED) is 0.778. The van der Waals surface area contributed by atoms with Crippen molar-refractivity contribution >= 4 is 0 Å². The topological polar surface area (TPSA) is 30.5 Å². The predicted octanol–water partition coefficient (Wildman–Crippen LogP) is 3.62. The average Bonchev–Trinajstić information content (AvgIpc) is 2.44. The third-order valence-electron chi connectivity index (χ3n) is 3.58. The summed E-state index contributed by atoms with van der Waals surface area (Å²) < 4.78 is 10.6. The third kappa shape index (κ3) is 5.11. The number of hydrogen-bond acceptors (Lipinski definition) is 3. The highest BCUT2D eigenvalue weighted by Crippen LogP contribution is 2.24. The summed E-state index contributed by atoms with van der Waals surface area (Å²) in [5.74, 6) is 2.53. The van der Waals surface area contributed by atoms with Crippen molar-refractivity contribution in [2.24, 2.45) is 5.92 Å². The van der Waals surface area contributed by atoms with Gasteiger partial charge in [-0.3, -0.25) is 0 Å². The van der Waals surface area contributed by atoms with Gasteiger partial charge in [0.25, 0.3) is 0 Å². The van der Waals surface area contributed by atoms with Crippen LogP contribution in [0.3, 0.4) is 0 Å². The van der Waals surface area contributed by atoms with E-state index in [9.17, 15) is 0 Å². The molecule has 0 aliphatic rings. The SMILES string of the molecule is CCC(C)CC(C)NCc1cc(OC)ccc1OC. The van der Waals surface area contributed by atoms with E-state index in [0.29, 0.717) is 6.04 Å². The Morgan fingerprint density at radius 3 is 2.47 bits per heavy atom. The number of nitrogens with one attached hydrogen (secondary N) is 1. The fourth-order valence-corrected chi connectivity index (χ4v) is 2.16. The van der Waals surface area contributed by atoms with Crippen LogP contribution in [0.4, 0.5) is 0 Å². The van der Waals surface area contributed by atoms with Gasteiger partial charge in [-0.2, -0.15) is 0 Å². The first-order valence-electron chi connectivity index (χ1n) is 7.05. The maximum Gasteiger partial charge on any atom is 0.123 e. The zero-order valence-corrected chi connectivity index (χ0v) is 12.8. The van der Waals surface area contributed by atoms with Gasteiger partial charge < -0.3 is 14.8 Å². The molecule has 1 aromatic rings. The Labute approximate surface area is 117 Å². The molecule has 0 amide bonds. The Hall–Kier alpha value is -1.22. The van der Waals surface area contributed by atoms with Gasteiger partial charge in [0.15, 0.2) is 0 Å². The lowest BCUT2D eigenvalue weighted by Gasteiger charge is -2.18. The first kappa shape index (κ1) is 15.8. The van der Waals surface area contributed by atoms with E-state index in [1.165, 1.54) is 12.8 Å². The van der Waals surface area contributed by atoms with Gasteiger partial charge in [0, 0.05) is 18.2 Å². The minimum absolute atomic E-state index is 0.505. The second kappa shape index (κ2) is 8.05. The zero-order valence-electron chi connectivity index (χ0n) is 12.8. The molecule has 3 nitrogen and oxygen atoms in total. The van der Waals surface area contributed by atoms with E-state index >= 15 is 0 Å². The summed E-state index contributed by atoms with van der Waals surface area (Å²) in [4.78, 5) is 0. The molecule has 0 radical (unpaired) electrons. The lowest BCUT2D eigenvalue weighted by molar-refractivity contribution is 0.386. The van der Waals surface area contributed by atoms with Crippen LogP contribution in [0.15, 0.2) is 18.2 Å². The van der Waals surface area contributed by atoms with Crippen molar-refractivity contribution < 1.29 is 9.47 Å². The van der Waals surface area contributed by atoms with Crippen molar-refractivity contribution in [2.45, 2.75) is 46.2 Å². The van der Waals surface area contributed by atoms with Crippen LogP contribution in [0.2, 0.25) is 0 Å². The maximum atomic E-state index is 5.38. The third-order valence-corrected chi connectivity index (χ3v) is 3.58. The van der Waals surface area contributed by atoms with Gasteiger partial charge in [-0.05, 0) is 37.5 Å². The second-order valence-electron chi connectivity index (χ2n) is 5.21. The molecule has 0 fully saturated rings. The number of methoxy groups -OCH3 is 2. The zero-order chi connectivity index (χ0) is 14.3. The van der Waals surface area contributed by atoms with Crippen LogP contribution >= 0.6 is 0 Å².